The van der Waals surface area contributed by atoms with Gasteiger partial charge in [-0.3, -0.25) is 19.1 Å². The first-order valence-corrected chi connectivity index (χ1v) is 9.77. The van der Waals surface area contributed by atoms with Crippen molar-refractivity contribution in [2.75, 3.05) is 11.9 Å². The maximum Gasteiger partial charge on any atom is 0.422 e. The monoisotopic (exact) mass is 520 g/mol. The zero-order valence-electron chi connectivity index (χ0n) is 17.7. The molecule has 3 rings (SSSR count). The number of hydrogen-bond donors (Lipinski definition) is 2. The van der Waals surface area contributed by atoms with Crippen LogP contribution in [0.2, 0.25) is 0 Å². The Morgan fingerprint density at radius 3 is 2.33 bits per heavy atom. The van der Waals surface area contributed by atoms with Crippen LogP contribution < -0.4 is 15.6 Å². The fourth-order valence-electron chi connectivity index (χ4n) is 2.91. The number of halogens is 7. The molecule has 0 radical (unpaired) electrons. The zero-order valence-corrected chi connectivity index (χ0v) is 17.7. The van der Waals surface area contributed by atoms with Gasteiger partial charge >= 0.3 is 6.18 Å². The van der Waals surface area contributed by atoms with Gasteiger partial charge < -0.3 is 15.2 Å². The van der Waals surface area contributed by atoms with Crippen molar-refractivity contribution in [3.05, 3.63) is 76.6 Å². The number of nitrogens with one attached hydrogen (secondary N) is 1. The maximum atomic E-state index is 13.0. The maximum absolute atomic E-state index is 13.0. The molecule has 1 amide bonds. The van der Waals surface area contributed by atoms with Crippen LogP contribution in [0.4, 0.5) is 36.4 Å². The van der Waals surface area contributed by atoms with Crippen molar-refractivity contribution in [3.8, 4) is 11.6 Å². The molecule has 0 aromatic carbocycles. The highest BCUT2D eigenvalue weighted by molar-refractivity contribution is 6.03. The number of amides is 1. The second-order valence-corrected chi connectivity index (χ2v) is 7.14. The third kappa shape index (κ3) is 5.62. The molecule has 0 fully saturated rings. The number of anilines is 1. The Bertz CT molecular complexity index is 1270. The molecule has 15 heteroatoms. The number of ether oxygens (including phenoxy) is 1. The van der Waals surface area contributed by atoms with Gasteiger partial charge in [-0.15, -0.1) is 0 Å². The summed E-state index contributed by atoms with van der Waals surface area (Å²) in [5, 5.41) is 11.8. The van der Waals surface area contributed by atoms with Crippen LogP contribution in [-0.2, 0) is 5.60 Å². The van der Waals surface area contributed by atoms with E-state index in [1.54, 1.807) is 0 Å². The molecule has 0 spiro atoms. The Kier molecular flexibility index (Phi) is 7.62. The van der Waals surface area contributed by atoms with Gasteiger partial charge in [0, 0.05) is 12.4 Å². The predicted octanol–water partition coefficient (Wildman–Crippen LogP) is 3.54. The lowest BCUT2D eigenvalue weighted by atomic mass is 10.0. The van der Waals surface area contributed by atoms with E-state index in [2.05, 4.69) is 20.0 Å². The summed E-state index contributed by atoms with van der Waals surface area (Å²) in [6.07, 6.45) is -9.38. The van der Waals surface area contributed by atoms with Crippen molar-refractivity contribution < 1.29 is 45.4 Å². The molecule has 0 saturated heterocycles. The minimum atomic E-state index is -4.68. The third-order valence-corrected chi connectivity index (χ3v) is 4.67. The summed E-state index contributed by atoms with van der Waals surface area (Å²) in [4.78, 5) is 32.5. The Labute approximate surface area is 197 Å². The molecule has 0 aliphatic carbocycles. The quantitative estimate of drug-likeness (QED) is 0.441. The molecule has 3 aromatic heterocycles. The molecule has 3 aromatic rings. The van der Waals surface area contributed by atoms with Gasteiger partial charge in [-0.2, -0.15) is 13.2 Å². The lowest BCUT2D eigenvalue weighted by Crippen LogP contribution is -2.42. The Morgan fingerprint density at radius 2 is 1.75 bits per heavy atom. The normalized spacial score (nSPS) is 12.2. The van der Waals surface area contributed by atoms with Crippen LogP contribution in [0.5, 0.6) is 5.88 Å². The Hall–Kier alpha value is -4.01. The van der Waals surface area contributed by atoms with Gasteiger partial charge in [0.2, 0.25) is 11.5 Å². The van der Waals surface area contributed by atoms with E-state index < -0.39 is 59.8 Å². The number of alkyl halides is 7. The van der Waals surface area contributed by atoms with Crippen molar-refractivity contribution >= 4 is 11.6 Å². The molecule has 0 atom stereocenters. The average Bonchev–Trinajstić information content (AvgIpc) is 2.82. The van der Waals surface area contributed by atoms with E-state index in [1.807, 2.05) is 0 Å². The first kappa shape index (κ1) is 26.6. The topological polar surface area (TPSA) is 106 Å². The first-order chi connectivity index (χ1) is 16.8. The standard InChI is InChI=1S/C21H15F7N4O4/c22-18(23)21(35,19(24)25)14-6-5-11(9-30-14)31-15(33)12-3-2-8-32(17(12)34)13-4-1-7-29-16(13)36-10-20(26,27)28/h1-9,18-19,35H,10H2,(H,31,33). The summed E-state index contributed by atoms with van der Waals surface area (Å²) in [5.74, 6) is -1.57. The molecule has 2 N–H and O–H groups in total. The Morgan fingerprint density at radius 1 is 1.06 bits per heavy atom. The van der Waals surface area contributed by atoms with Crippen LogP contribution in [0, 0.1) is 0 Å². The van der Waals surface area contributed by atoms with Crippen LogP contribution in [0.15, 0.2) is 59.8 Å². The van der Waals surface area contributed by atoms with Crippen LogP contribution in [0.3, 0.4) is 0 Å². The summed E-state index contributed by atoms with van der Waals surface area (Å²) in [6, 6.07) is 6.44. The lowest BCUT2D eigenvalue weighted by Gasteiger charge is -2.25. The number of pyridine rings is 3. The molecule has 36 heavy (non-hydrogen) atoms. The van der Waals surface area contributed by atoms with Gasteiger partial charge in [0.25, 0.3) is 24.3 Å². The van der Waals surface area contributed by atoms with E-state index in [4.69, 9.17) is 0 Å². The first-order valence-electron chi connectivity index (χ1n) is 9.77. The van der Waals surface area contributed by atoms with Gasteiger partial charge in [-0.05, 0) is 36.4 Å². The van der Waals surface area contributed by atoms with Crippen LogP contribution in [0.25, 0.3) is 5.69 Å². The summed E-state index contributed by atoms with van der Waals surface area (Å²) in [7, 11) is 0. The van der Waals surface area contributed by atoms with Crippen molar-refractivity contribution in [2.45, 2.75) is 24.6 Å². The number of aromatic nitrogens is 3. The van der Waals surface area contributed by atoms with Crippen molar-refractivity contribution in [3.63, 3.8) is 0 Å². The van der Waals surface area contributed by atoms with E-state index in [0.717, 1.165) is 29.1 Å². The highest BCUT2D eigenvalue weighted by atomic mass is 19.4. The number of carbonyl (C=O) groups is 1. The summed E-state index contributed by atoms with van der Waals surface area (Å²) < 4.78 is 94.9. The number of carbonyl (C=O) groups excluding carboxylic acids is 1. The number of hydrogen-bond acceptors (Lipinski definition) is 6. The number of rotatable bonds is 8. The zero-order chi connectivity index (χ0) is 26.7. The van der Waals surface area contributed by atoms with Crippen molar-refractivity contribution in [2.24, 2.45) is 0 Å². The van der Waals surface area contributed by atoms with Crippen LogP contribution in [-0.4, -0.2) is 51.2 Å². The molecule has 0 unspecified atom stereocenters. The van der Waals surface area contributed by atoms with E-state index in [9.17, 15) is 45.4 Å². The number of nitrogens with zero attached hydrogens (tertiary/aromatic N) is 3. The molecular formula is C21H15F7N4O4. The third-order valence-electron chi connectivity index (χ3n) is 4.67. The Balaban J connectivity index is 1.87. The average molecular weight is 520 g/mol. The second-order valence-electron chi connectivity index (χ2n) is 7.14. The van der Waals surface area contributed by atoms with E-state index in [0.29, 0.717) is 12.3 Å². The largest absolute Gasteiger partial charge is 0.467 e. The predicted molar refractivity (Wildman–Crippen MR) is 109 cm³/mol. The van der Waals surface area contributed by atoms with E-state index in [1.165, 1.54) is 18.2 Å². The summed E-state index contributed by atoms with van der Waals surface area (Å²) in [5.41, 5.74) is -6.73. The molecular weight excluding hydrogens is 505 g/mol. The van der Waals surface area contributed by atoms with Gasteiger partial charge in [-0.25, -0.2) is 22.5 Å². The van der Waals surface area contributed by atoms with Gasteiger partial charge in [0.05, 0.1) is 17.6 Å². The highest BCUT2D eigenvalue weighted by Crippen LogP contribution is 2.33. The van der Waals surface area contributed by atoms with Gasteiger partial charge in [-0.1, -0.05) is 0 Å². The summed E-state index contributed by atoms with van der Waals surface area (Å²) >= 11 is 0. The molecule has 0 saturated carbocycles. The molecule has 8 nitrogen and oxygen atoms in total. The molecule has 192 valence electrons. The SMILES string of the molecule is O=C(Nc1ccc(C(O)(C(F)F)C(F)F)nc1)c1cccn(-c2cccnc2OCC(F)(F)F)c1=O. The van der Waals surface area contributed by atoms with Crippen LogP contribution in [0.1, 0.15) is 16.1 Å². The van der Waals surface area contributed by atoms with Gasteiger partial charge in [0.15, 0.2) is 6.61 Å². The van der Waals surface area contributed by atoms with Crippen molar-refractivity contribution in [1.82, 2.24) is 14.5 Å². The second kappa shape index (κ2) is 10.3. The minimum absolute atomic E-state index is 0.189. The minimum Gasteiger partial charge on any atom is -0.467 e. The van der Waals surface area contributed by atoms with E-state index >= 15 is 0 Å². The fraction of sp³-hybridized carbons (Fsp3) is 0.238. The molecule has 0 bridgehead atoms. The smallest absolute Gasteiger partial charge is 0.422 e. The van der Waals surface area contributed by atoms with Gasteiger partial charge in [0.1, 0.15) is 11.3 Å². The van der Waals surface area contributed by atoms with Crippen molar-refractivity contribution in [1.29, 1.82) is 0 Å². The molecule has 0 aliphatic rings. The molecule has 0 aliphatic heterocycles. The molecule has 3 heterocycles. The fourth-order valence-corrected chi connectivity index (χ4v) is 2.91. The number of aliphatic hydroxyl groups is 1. The lowest BCUT2D eigenvalue weighted by molar-refractivity contribution is -0.185. The summed E-state index contributed by atoms with van der Waals surface area (Å²) in [6.45, 7) is -1.68. The van der Waals surface area contributed by atoms with E-state index in [-0.39, 0.29) is 11.4 Å². The van der Waals surface area contributed by atoms with Crippen LogP contribution >= 0.6 is 0 Å². The highest BCUT2D eigenvalue weighted by Gasteiger charge is 2.50.